The van der Waals surface area contributed by atoms with E-state index in [0.29, 0.717) is 12.1 Å². The van der Waals surface area contributed by atoms with Crippen molar-refractivity contribution in [1.29, 1.82) is 0 Å². The average molecular weight is 318 g/mol. The lowest BCUT2D eigenvalue weighted by atomic mass is 10.1. The highest BCUT2D eigenvalue weighted by Gasteiger charge is 2.30. The number of rotatable bonds is 4. The number of urea groups is 1. The number of alkyl halides is 3. The molecule has 0 aliphatic rings. The van der Waals surface area contributed by atoms with Crippen LogP contribution < -0.4 is 15.5 Å². The molecule has 0 heterocycles. The van der Waals surface area contributed by atoms with Gasteiger partial charge in [-0.3, -0.25) is 10.1 Å². The highest BCUT2D eigenvalue weighted by molar-refractivity contribution is 5.96. The minimum absolute atomic E-state index is 0.362. The van der Waals surface area contributed by atoms with E-state index in [4.69, 9.17) is 0 Å². The van der Waals surface area contributed by atoms with Gasteiger partial charge in [0.25, 0.3) is 5.91 Å². The Balaban J connectivity index is 2.66. The summed E-state index contributed by atoms with van der Waals surface area (Å²) in [5, 5.41) is 4.44. The molecule has 122 valence electrons. The third-order valence-electron chi connectivity index (χ3n) is 3.36. The smallest absolute Gasteiger partial charge is 0.341 e. The van der Waals surface area contributed by atoms with Crippen LogP contribution in [0.5, 0.6) is 0 Å². The Hall–Kier alpha value is -2.09. The first kappa shape index (κ1) is 18.0. The van der Waals surface area contributed by atoms with Gasteiger partial charge in [-0.05, 0) is 19.1 Å². The van der Waals surface area contributed by atoms with E-state index in [1.807, 2.05) is 0 Å². The van der Waals surface area contributed by atoms with Gasteiger partial charge in [-0.1, -0.05) is 12.1 Å². The zero-order valence-corrected chi connectivity index (χ0v) is 12.5. The summed E-state index contributed by atoms with van der Waals surface area (Å²) >= 11 is 0. The standard InChI is InChI=1S/C14H18F3N3O2/c1-9(12(21)19-13(22)18-2)20(3)8-10-4-6-11(7-5-10)14(15,16)17/h4-7,9H,8H2,1-3H3,(H2,18,19,21,22)/p+1/t9-/m0/s1. The second-order valence-electron chi connectivity index (χ2n) is 5.01. The van der Waals surface area contributed by atoms with Gasteiger partial charge in [0.2, 0.25) is 0 Å². The van der Waals surface area contributed by atoms with Gasteiger partial charge in [-0.15, -0.1) is 0 Å². The van der Waals surface area contributed by atoms with Crippen LogP contribution in [0.2, 0.25) is 0 Å². The topological polar surface area (TPSA) is 62.6 Å². The van der Waals surface area contributed by atoms with Crippen molar-refractivity contribution in [3.63, 3.8) is 0 Å². The van der Waals surface area contributed by atoms with Crippen molar-refractivity contribution in [2.24, 2.45) is 0 Å². The molecule has 1 aromatic rings. The Labute approximate surface area is 126 Å². The third-order valence-corrected chi connectivity index (χ3v) is 3.36. The molecule has 0 aliphatic carbocycles. The number of likely N-dealkylation sites (N-methyl/N-ethyl adjacent to an activating group) is 1. The summed E-state index contributed by atoms with van der Waals surface area (Å²) in [6, 6.07) is 3.67. The monoisotopic (exact) mass is 318 g/mol. The van der Waals surface area contributed by atoms with Crippen LogP contribution in [-0.2, 0) is 17.5 Å². The summed E-state index contributed by atoms with van der Waals surface area (Å²) in [6.07, 6.45) is -4.36. The Bertz CT molecular complexity index is 529. The van der Waals surface area contributed by atoms with E-state index in [-0.39, 0.29) is 0 Å². The van der Waals surface area contributed by atoms with Crippen LogP contribution in [0.25, 0.3) is 0 Å². The van der Waals surface area contributed by atoms with Gasteiger partial charge in [-0.25, -0.2) is 4.79 Å². The summed E-state index contributed by atoms with van der Waals surface area (Å²) in [6.45, 7) is 2.00. The summed E-state index contributed by atoms with van der Waals surface area (Å²) < 4.78 is 37.4. The van der Waals surface area contributed by atoms with Crippen molar-refractivity contribution >= 4 is 11.9 Å². The molecule has 5 nitrogen and oxygen atoms in total. The van der Waals surface area contributed by atoms with Gasteiger partial charge in [0.15, 0.2) is 6.04 Å². The number of hydrogen-bond donors (Lipinski definition) is 3. The zero-order valence-electron chi connectivity index (χ0n) is 12.5. The highest BCUT2D eigenvalue weighted by Crippen LogP contribution is 2.28. The molecule has 1 unspecified atom stereocenters. The molecule has 0 aromatic heterocycles. The summed E-state index contributed by atoms with van der Waals surface area (Å²) in [5.41, 5.74) is -0.0376. The summed E-state index contributed by atoms with van der Waals surface area (Å²) in [5.74, 6) is -0.455. The Kier molecular flexibility index (Phi) is 5.92. The maximum Gasteiger partial charge on any atom is 0.416 e. The second-order valence-corrected chi connectivity index (χ2v) is 5.01. The van der Waals surface area contributed by atoms with Gasteiger partial charge >= 0.3 is 12.2 Å². The fourth-order valence-electron chi connectivity index (χ4n) is 1.79. The molecule has 1 rings (SSSR count). The highest BCUT2D eigenvalue weighted by atomic mass is 19.4. The summed E-state index contributed by atoms with van der Waals surface area (Å²) in [4.78, 5) is 23.6. The van der Waals surface area contributed by atoms with E-state index in [2.05, 4.69) is 10.6 Å². The maximum atomic E-state index is 12.5. The normalized spacial score (nSPS) is 14.1. The molecular formula is C14H19F3N3O2+. The van der Waals surface area contributed by atoms with Crippen LogP contribution in [-0.4, -0.2) is 32.1 Å². The van der Waals surface area contributed by atoms with Crippen molar-refractivity contribution in [1.82, 2.24) is 10.6 Å². The molecule has 0 aliphatic heterocycles. The number of carbonyl (C=O) groups excluding carboxylic acids is 2. The minimum Gasteiger partial charge on any atom is -0.341 e. The van der Waals surface area contributed by atoms with E-state index >= 15 is 0 Å². The molecule has 0 radical (unpaired) electrons. The molecule has 1 aromatic carbocycles. The van der Waals surface area contributed by atoms with Crippen LogP contribution in [0.15, 0.2) is 24.3 Å². The fraction of sp³-hybridized carbons (Fsp3) is 0.429. The van der Waals surface area contributed by atoms with Crippen LogP contribution in [0, 0.1) is 0 Å². The molecule has 0 saturated heterocycles. The van der Waals surface area contributed by atoms with Gasteiger partial charge in [0.1, 0.15) is 6.54 Å². The predicted octanol–water partition coefficient (Wildman–Crippen LogP) is 0.564. The van der Waals surface area contributed by atoms with Gasteiger partial charge in [0.05, 0.1) is 12.6 Å². The third kappa shape index (κ3) is 5.03. The molecule has 0 fully saturated rings. The molecule has 3 amide bonds. The first-order valence-electron chi connectivity index (χ1n) is 6.66. The fourth-order valence-corrected chi connectivity index (χ4v) is 1.79. The minimum atomic E-state index is -4.36. The Morgan fingerprint density at radius 3 is 2.23 bits per heavy atom. The number of amides is 3. The molecule has 2 atom stereocenters. The summed E-state index contributed by atoms with van der Waals surface area (Å²) in [7, 11) is 3.12. The largest absolute Gasteiger partial charge is 0.416 e. The van der Waals surface area contributed by atoms with Crippen molar-refractivity contribution in [3.8, 4) is 0 Å². The number of benzene rings is 1. The Morgan fingerprint density at radius 1 is 1.23 bits per heavy atom. The SMILES string of the molecule is CNC(=O)NC(=O)[C@H](C)[NH+](C)Cc1ccc(C(F)(F)F)cc1. The quantitative estimate of drug-likeness (QED) is 0.760. The lowest BCUT2D eigenvalue weighted by Crippen LogP contribution is -3.12. The number of carbonyl (C=O) groups is 2. The maximum absolute atomic E-state index is 12.5. The van der Waals surface area contributed by atoms with E-state index in [9.17, 15) is 22.8 Å². The number of imide groups is 1. The predicted molar refractivity (Wildman–Crippen MR) is 74.1 cm³/mol. The Morgan fingerprint density at radius 2 is 1.77 bits per heavy atom. The van der Waals surface area contributed by atoms with Crippen LogP contribution in [0.1, 0.15) is 18.1 Å². The van der Waals surface area contributed by atoms with Gasteiger partial charge in [0, 0.05) is 12.6 Å². The van der Waals surface area contributed by atoms with Crippen molar-refractivity contribution < 1.29 is 27.7 Å². The number of halogens is 3. The first-order valence-corrected chi connectivity index (χ1v) is 6.66. The van der Waals surface area contributed by atoms with E-state index in [0.717, 1.165) is 17.0 Å². The van der Waals surface area contributed by atoms with Crippen LogP contribution in [0.4, 0.5) is 18.0 Å². The van der Waals surface area contributed by atoms with Gasteiger partial charge < -0.3 is 10.2 Å². The van der Waals surface area contributed by atoms with Crippen LogP contribution >= 0.6 is 0 Å². The first-order chi connectivity index (χ1) is 10.1. The zero-order chi connectivity index (χ0) is 16.9. The molecule has 22 heavy (non-hydrogen) atoms. The van der Waals surface area contributed by atoms with Gasteiger partial charge in [-0.2, -0.15) is 13.2 Å². The number of hydrogen-bond acceptors (Lipinski definition) is 2. The second kappa shape index (κ2) is 7.26. The molecular weight excluding hydrogens is 299 g/mol. The van der Waals surface area contributed by atoms with Crippen LogP contribution in [0.3, 0.4) is 0 Å². The van der Waals surface area contributed by atoms with Crippen molar-refractivity contribution in [2.75, 3.05) is 14.1 Å². The molecule has 0 saturated carbocycles. The lowest BCUT2D eigenvalue weighted by Gasteiger charge is -2.20. The number of quaternary nitrogens is 1. The van der Waals surface area contributed by atoms with E-state index in [1.165, 1.54) is 19.2 Å². The average Bonchev–Trinajstić information content (AvgIpc) is 2.45. The van der Waals surface area contributed by atoms with Crippen molar-refractivity contribution in [3.05, 3.63) is 35.4 Å². The number of nitrogens with one attached hydrogen (secondary N) is 3. The molecule has 8 heteroatoms. The van der Waals surface area contributed by atoms with E-state index < -0.39 is 29.7 Å². The lowest BCUT2D eigenvalue weighted by molar-refractivity contribution is -0.908. The molecule has 3 N–H and O–H groups in total. The van der Waals surface area contributed by atoms with Crippen molar-refractivity contribution in [2.45, 2.75) is 25.7 Å². The molecule has 0 spiro atoms. The van der Waals surface area contributed by atoms with E-state index in [1.54, 1.807) is 14.0 Å². The molecule has 0 bridgehead atoms.